The van der Waals surface area contributed by atoms with Crippen LogP contribution in [0.4, 0.5) is 10.1 Å². The Morgan fingerprint density at radius 3 is 2.62 bits per heavy atom. The van der Waals surface area contributed by atoms with Gasteiger partial charge < -0.3 is 5.32 Å². The van der Waals surface area contributed by atoms with E-state index in [1.54, 1.807) is 12.1 Å². The fourth-order valence-electron chi connectivity index (χ4n) is 5.45. The van der Waals surface area contributed by atoms with Crippen LogP contribution >= 0.6 is 11.6 Å². The van der Waals surface area contributed by atoms with Crippen molar-refractivity contribution in [3.63, 3.8) is 0 Å². The predicted octanol–water partition coefficient (Wildman–Crippen LogP) is 7.49. The van der Waals surface area contributed by atoms with E-state index in [1.807, 2.05) is 12.1 Å². The molecule has 0 amide bonds. The number of halogens is 2. The van der Waals surface area contributed by atoms with Gasteiger partial charge in [-0.05, 0) is 70.2 Å². The second-order valence-electron chi connectivity index (χ2n) is 9.91. The lowest BCUT2D eigenvalue weighted by Gasteiger charge is -2.41. The predicted molar refractivity (Wildman–Crippen MR) is 141 cm³/mol. The lowest BCUT2D eigenvalue weighted by molar-refractivity contribution is 0.0898. The zero-order valence-corrected chi connectivity index (χ0v) is 22.2. The molecule has 2 unspecified atom stereocenters. The molecule has 5 nitrogen and oxygen atoms in total. The van der Waals surface area contributed by atoms with E-state index in [0.29, 0.717) is 12.1 Å². The van der Waals surface area contributed by atoms with Crippen LogP contribution < -0.4 is 5.32 Å². The number of nitrogens with zero attached hydrogens (tertiary/aromatic N) is 4. The van der Waals surface area contributed by atoms with Gasteiger partial charge >= 0.3 is 0 Å². The Hall–Kier alpha value is -1.66. The van der Waals surface area contributed by atoms with E-state index >= 15 is 0 Å². The molecular formula is C27H43ClFN5. The fraction of sp³-hybridized carbons (Fsp3) is 0.704. The molecule has 0 saturated heterocycles. The van der Waals surface area contributed by atoms with E-state index in [1.165, 1.54) is 43.7 Å². The van der Waals surface area contributed by atoms with Crippen molar-refractivity contribution in [3.05, 3.63) is 40.7 Å². The minimum atomic E-state index is -0.392. The summed E-state index contributed by atoms with van der Waals surface area (Å²) in [5, 5.41) is 15.1. The van der Waals surface area contributed by atoms with Crippen LogP contribution in [0.2, 0.25) is 5.02 Å². The Morgan fingerprint density at radius 1 is 1.18 bits per heavy atom. The maximum Gasteiger partial charge on any atom is 0.141 e. The lowest BCUT2D eigenvalue weighted by Crippen LogP contribution is -2.48. The topological polar surface area (TPSA) is 43.2 Å². The summed E-state index contributed by atoms with van der Waals surface area (Å²) >= 11 is 6.06. The summed E-state index contributed by atoms with van der Waals surface area (Å²) in [7, 11) is 2.00. The van der Waals surface area contributed by atoms with Crippen LogP contribution in [-0.4, -0.2) is 54.2 Å². The minimum Gasteiger partial charge on any atom is -0.378 e. The number of rotatable bonds is 7. The standard InChI is InChI=1S/C27H43ClFN5/c1-5-17-34(23-10-8-7-9-11-23)27-15-12-21(6-2)26(16-18-33(4)32-31-20(27)3)30-22-13-14-25(29)24(28)19-22/h12-14,19-20,23,26-27,30H,5-11,15-18H2,1-4H3/b21-12+,32-31?/t20-,26?,27?/m0/s1. The summed E-state index contributed by atoms with van der Waals surface area (Å²) in [5.74, 6) is -0.392. The minimum absolute atomic E-state index is 0.130. The first-order valence-electron chi connectivity index (χ1n) is 13.2. The third-order valence-corrected chi connectivity index (χ3v) is 7.66. The molecule has 2 aliphatic rings. The molecule has 0 spiro atoms. The molecule has 1 fully saturated rings. The van der Waals surface area contributed by atoms with Gasteiger partial charge in [-0.3, -0.25) is 9.91 Å². The van der Waals surface area contributed by atoms with Crippen LogP contribution in [0.25, 0.3) is 0 Å². The summed E-state index contributed by atoms with van der Waals surface area (Å²) in [6, 6.07) is 6.11. The van der Waals surface area contributed by atoms with Crippen LogP contribution in [0, 0.1) is 5.82 Å². The summed E-state index contributed by atoms with van der Waals surface area (Å²) < 4.78 is 13.7. The van der Waals surface area contributed by atoms with E-state index < -0.39 is 5.82 Å². The fourth-order valence-corrected chi connectivity index (χ4v) is 5.63. The van der Waals surface area contributed by atoms with Gasteiger partial charge in [0, 0.05) is 37.4 Å². The van der Waals surface area contributed by atoms with E-state index in [9.17, 15) is 4.39 Å². The molecule has 0 bridgehead atoms. The van der Waals surface area contributed by atoms with Gasteiger partial charge in [0.25, 0.3) is 0 Å². The van der Waals surface area contributed by atoms with Crippen molar-refractivity contribution in [2.45, 2.75) is 103 Å². The Morgan fingerprint density at radius 2 is 1.94 bits per heavy atom. The van der Waals surface area contributed by atoms with Gasteiger partial charge in [-0.15, -0.1) is 0 Å². The highest BCUT2D eigenvalue weighted by atomic mass is 35.5. The molecule has 1 aromatic carbocycles. The van der Waals surface area contributed by atoms with Crippen molar-refractivity contribution in [3.8, 4) is 0 Å². The Balaban J connectivity index is 1.89. The lowest BCUT2D eigenvalue weighted by atomic mass is 9.90. The normalized spacial score (nSPS) is 26.7. The quantitative estimate of drug-likeness (QED) is 0.402. The first-order chi connectivity index (χ1) is 16.4. The van der Waals surface area contributed by atoms with Gasteiger partial charge in [0.05, 0.1) is 11.1 Å². The Bertz CT molecular complexity index is 823. The molecule has 7 heteroatoms. The van der Waals surface area contributed by atoms with Gasteiger partial charge in [0.2, 0.25) is 0 Å². The second kappa shape index (κ2) is 13.4. The zero-order valence-electron chi connectivity index (χ0n) is 21.4. The average Bonchev–Trinajstić information content (AvgIpc) is 2.87. The van der Waals surface area contributed by atoms with Gasteiger partial charge in [0.15, 0.2) is 0 Å². The number of hydrogen-bond acceptors (Lipinski definition) is 5. The molecule has 1 aliphatic heterocycles. The first-order valence-corrected chi connectivity index (χ1v) is 13.6. The van der Waals surface area contributed by atoms with Gasteiger partial charge in [0.1, 0.15) is 5.82 Å². The van der Waals surface area contributed by atoms with Crippen LogP contribution in [0.15, 0.2) is 40.2 Å². The molecule has 190 valence electrons. The van der Waals surface area contributed by atoms with Crippen molar-refractivity contribution in [1.82, 2.24) is 9.91 Å². The monoisotopic (exact) mass is 491 g/mol. The summed E-state index contributed by atoms with van der Waals surface area (Å²) in [4.78, 5) is 2.74. The third kappa shape index (κ3) is 7.42. The van der Waals surface area contributed by atoms with Crippen molar-refractivity contribution >= 4 is 17.3 Å². The van der Waals surface area contributed by atoms with E-state index in [0.717, 1.165) is 44.5 Å². The van der Waals surface area contributed by atoms with Gasteiger partial charge in [-0.2, -0.15) is 5.11 Å². The average molecular weight is 492 g/mol. The molecule has 3 atom stereocenters. The summed E-state index contributed by atoms with van der Waals surface area (Å²) in [6.07, 6.45) is 13.0. The highest BCUT2D eigenvalue weighted by Crippen LogP contribution is 2.29. The summed E-state index contributed by atoms with van der Waals surface area (Å²) in [5.41, 5.74) is 2.22. The second-order valence-corrected chi connectivity index (χ2v) is 10.3. The van der Waals surface area contributed by atoms with Gasteiger partial charge in [-0.1, -0.05) is 61.6 Å². The maximum atomic E-state index is 13.7. The van der Waals surface area contributed by atoms with Crippen LogP contribution in [0.1, 0.15) is 78.6 Å². The molecule has 1 aliphatic carbocycles. The molecule has 1 aromatic rings. The molecule has 0 aromatic heterocycles. The molecule has 1 N–H and O–H groups in total. The van der Waals surface area contributed by atoms with E-state index in [4.69, 9.17) is 16.7 Å². The highest BCUT2D eigenvalue weighted by Gasteiger charge is 2.31. The van der Waals surface area contributed by atoms with E-state index in [-0.39, 0.29) is 17.1 Å². The zero-order chi connectivity index (χ0) is 24.5. The number of benzene rings is 1. The highest BCUT2D eigenvalue weighted by molar-refractivity contribution is 6.31. The number of nitrogens with one attached hydrogen (secondary N) is 1. The van der Waals surface area contributed by atoms with Crippen LogP contribution in [-0.2, 0) is 0 Å². The van der Waals surface area contributed by atoms with Crippen LogP contribution in [0.5, 0.6) is 0 Å². The van der Waals surface area contributed by atoms with Crippen molar-refractivity contribution in [2.75, 3.05) is 25.5 Å². The molecular weight excluding hydrogens is 449 g/mol. The summed E-state index contributed by atoms with van der Waals surface area (Å²) in [6.45, 7) is 8.62. The van der Waals surface area contributed by atoms with Gasteiger partial charge in [-0.25, -0.2) is 4.39 Å². The number of hydrogen-bond donors (Lipinski definition) is 1. The van der Waals surface area contributed by atoms with Crippen molar-refractivity contribution in [1.29, 1.82) is 0 Å². The van der Waals surface area contributed by atoms with E-state index in [2.05, 4.69) is 42.3 Å². The van der Waals surface area contributed by atoms with Crippen LogP contribution in [0.3, 0.4) is 0 Å². The number of anilines is 1. The SMILES string of the molecule is CCCN(C1CCCCC1)C1C/C=C(\CC)C(Nc2ccc(F)c(Cl)c2)CCN(C)N=N[C@H]1C. The van der Waals surface area contributed by atoms with Crippen molar-refractivity contribution < 1.29 is 4.39 Å². The Kier molecular flexibility index (Phi) is 10.6. The molecule has 1 heterocycles. The molecule has 3 rings (SSSR count). The molecule has 34 heavy (non-hydrogen) atoms. The first kappa shape index (κ1) is 26.9. The van der Waals surface area contributed by atoms with Crippen molar-refractivity contribution in [2.24, 2.45) is 10.3 Å². The Labute approximate surface area is 210 Å². The third-order valence-electron chi connectivity index (χ3n) is 7.37. The molecule has 1 saturated carbocycles. The smallest absolute Gasteiger partial charge is 0.141 e. The molecule has 0 radical (unpaired) electrons. The maximum absolute atomic E-state index is 13.7. The largest absolute Gasteiger partial charge is 0.378 e.